The summed E-state index contributed by atoms with van der Waals surface area (Å²) in [7, 11) is 3.57. The van der Waals surface area contributed by atoms with Gasteiger partial charge in [-0.05, 0) is 45.4 Å². The van der Waals surface area contributed by atoms with E-state index in [1.807, 2.05) is 42.5 Å². The minimum Gasteiger partial charge on any atom is -0.372 e. The second-order valence-corrected chi connectivity index (χ2v) is 7.82. The third-order valence-electron chi connectivity index (χ3n) is 5.69. The van der Waals surface area contributed by atoms with Gasteiger partial charge in [-0.15, -0.1) is 0 Å². The molecule has 0 saturated carbocycles. The van der Waals surface area contributed by atoms with Gasteiger partial charge in [0.25, 0.3) is 5.91 Å². The van der Waals surface area contributed by atoms with Crippen molar-refractivity contribution < 1.29 is 14.3 Å². The second kappa shape index (κ2) is 8.44. The minimum atomic E-state index is -0.0847. The lowest BCUT2D eigenvalue weighted by Crippen LogP contribution is -2.51. The van der Waals surface area contributed by atoms with Crippen LogP contribution in [0.15, 0.2) is 12.1 Å². The maximum absolute atomic E-state index is 12.9. The van der Waals surface area contributed by atoms with E-state index in [1.54, 1.807) is 7.05 Å². The van der Waals surface area contributed by atoms with E-state index in [0.29, 0.717) is 25.3 Å². The topological polar surface area (TPSA) is 66.8 Å². The number of morpholine rings is 1. The molecular weight excluding hydrogens is 344 g/mol. The molecule has 0 bridgehead atoms. The second-order valence-electron chi connectivity index (χ2n) is 7.82. The maximum atomic E-state index is 12.9. The Balaban J connectivity index is 1.73. The predicted octanol–water partition coefficient (Wildman–Crippen LogP) is 1.55. The molecule has 0 spiro atoms. The number of carbonyl (C=O) groups is 2. The highest BCUT2D eigenvalue weighted by molar-refractivity contribution is 5.92. The van der Waals surface area contributed by atoms with Crippen molar-refractivity contribution in [3.63, 3.8) is 0 Å². The van der Waals surface area contributed by atoms with Gasteiger partial charge in [0.1, 0.15) is 5.69 Å². The molecular formula is C20H32N4O3. The van der Waals surface area contributed by atoms with Crippen LogP contribution in [0.4, 0.5) is 0 Å². The molecule has 1 N–H and O–H groups in total. The van der Waals surface area contributed by atoms with Crippen molar-refractivity contribution in [1.29, 1.82) is 0 Å². The molecule has 3 atom stereocenters. The summed E-state index contributed by atoms with van der Waals surface area (Å²) in [5.41, 5.74) is 1.75. The van der Waals surface area contributed by atoms with Crippen molar-refractivity contribution in [2.24, 2.45) is 7.05 Å². The van der Waals surface area contributed by atoms with E-state index in [0.717, 1.165) is 31.5 Å². The first-order valence-electron chi connectivity index (χ1n) is 9.95. The third-order valence-corrected chi connectivity index (χ3v) is 5.69. The van der Waals surface area contributed by atoms with E-state index in [2.05, 4.69) is 10.2 Å². The first-order valence-corrected chi connectivity index (χ1v) is 9.95. The van der Waals surface area contributed by atoms with Gasteiger partial charge in [-0.2, -0.15) is 0 Å². The van der Waals surface area contributed by atoms with Gasteiger partial charge in [0.05, 0.1) is 24.8 Å². The summed E-state index contributed by atoms with van der Waals surface area (Å²) < 4.78 is 7.71. The Hall–Kier alpha value is -1.86. The zero-order valence-electron chi connectivity index (χ0n) is 16.9. The van der Waals surface area contributed by atoms with Crippen molar-refractivity contribution in [2.75, 3.05) is 33.2 Å². The number of rotatable bonds is 4. The lowest BCUT2D eigenvalue weighted by Gasteiger charge is -2.39. The average Bonchev–Trinajstić information content (AvgIpc) is 3.02. The number of nitrogens with one attached hydrogen (secondary N) is 1. The molecule has 0 unspecified atom stereocenters. The summed E-state index contributed by atoms with van der Waals surface area (Å²) in [5.74, 6) is 0.0862. The Kier molecular flexibility index (Phi) is 6.22. The summed E-state index contributed by atoms with van der Waals surface area (Å²) in [6, 6.07) is 4.06. The molecule has 2 aliphatic heterocycles. The van der Waals surface area contributed by atoms with E-state index < -0.39 is 0 Å². The number of nitrogens with zero attached hydrogens (tertiary/aromatic N) is 3. The summed E-state index contributed by atoms with van der Waals surface area (Å²) in [5, 5.41) is 2.69. The van der Waals surface area contributed by atoms with Crippen LogP contribution < -0.4 is 5.32 Å². The molecule has 2 aliphatic rings. The standard InChI is InChI=1S/C20H32N4O3/c1-14-11-24(12-15(2)27-14)19(25)13-23-10-6-5-7-17(23)16-8-9-18(22(16)4)20(26)21-3/h8-9,14-15,17H,5-7,10-13H2,1-4H3,(H,21,26)/t14-,15+,17-/m1/s1. The van der Waals surface area contributed by atoms with Crippen LogP contribution in [0.2, 0.25) is 0 Å². The first-order chi connectivity index (χ1) is 12.9. The largest absolute Gasteiger partial charge is 0.372 e. The third kappa shape index (κ3) is 4.35. The van der Waals surface area contributed by atoms with Gasteiger partial charge < -0.3 is 19.5 Å². The van der Waals surface area contributed by atoms with E-state index in [4.69, 9.17) is 4.74 Å². The van der Waals surface area contributed by atoms with Crippen molar-refractivity contribution in [3.8, 4) is 0 Å². The van der Waals surface area contributed by atoms with E-state index in [-0.39, 0.29) is 30.1 Å². The highest BCUT2D eigenvalue weighted by Crippen LogP contribution is 2.31. The quantitative estimate of drug-likeness (QED) is 0.866. The monoisotopic (exact) mass is 376 g/mol. The molecule has 0 aliphatic carbocycles. The number of hydrogen-bond donors (Lipinski definition) is 1. The Morgan fingerprint density at radius 3 is 2.56 bits per heavy atom. The zero-order valence-corrected chi connectivity index (χ0v) is 16.9. The molecule has 2 fully saturated rings. The molecule has 7 heteroatoms. The molecule has 150 valence electrons. The predicted molar refractivity (Wildman–Crippen MR) is 104 cm³/mol. The summed E-state index contributed by atoms with van der Waals surface area (Å²) in [6.07, 6.45) is 3.41. The van der Waals surface area contributed by atoms with Crippen LogP contribution in [0.1, 0.15) is 55.3 Å². The van der Waals surface area contributed by atoms with Crippen LogP contribution in [0, 0.1) is 0 Å². The van der Waals surface area contributed by atoms with Gasteiger partial charge in [-0.1, -0.05) is 6.42 Å². The zero-order chi connectivity index (χ0) is 19.6. The van der Waals surface area contributed by atoms with Crippen molar-refractivity contribution >= 4 is 11.8 Å². The molecule has 27 heavy (non-hydrogen) atoms. The number of carbonyl (C=O) groups excluding carboxylic acids is 2. The number of likely N-dealkylation sites (tertiary alicyclic amines) is 1. The molecule has 1 aromatic rings. The van der Waals surface area contributed by atoms with Crippen molar-refractivity contribution in [3.05, 3.63) is 23.5 Å². The lowest BCUT2D eigenvalue weighted by atomic mass is 9.99. The highest BCUT2D eigenvalue weighted by Gasteiger charge is 2.32. The smallest absolute Gasteiger partial charge is 0.267 e. The van der Waals surface area contributed by atoms with Gasteiger partial charge in [0, 0.05) is 32.9 Å². The minimum absolute atomic E-state index is 0.0813. The van der Waals surface area contributed by atoms with Crippen LogP contribution in [0.3, 0.4) is 0 Å². The van der Waals surface area contributed by atoms with Crippen LogP contribution in [0.5, 0.6) is 0 Å². The van der Waals surface area contributed by atoms with Gasteiger partial charge >= 0.3 is 0 Å². The average molecular weight is 377 g/mol. The molecule has 2 amide bonds. The number of aromatic nitrogens is 1. The highest BCUT2D eigenvalue weighted by atomic mass is 16.5. The summed E-state index contributed by atoms with van der Waals surface area (Å²) in [6.45, 7) is 6.68. The number of ether oxygens (including phenoxy) is 1. The van der Waals surface area contributed by atoms with Crippen LogP contribution >= 0.6 is 0 Å². The first kappa shape index (κ1) is 19.9. The normalized spacial score (nSPS) is 26.8. The SMILES string of the molecule is CNC(=O)c1ccc([C@H]2CCCCN2CC(=O)N2C[C@@H](C)O[C@@H](C)C2)n1C. The van der Waals surface area contributed by atoms with Crippen molar-refractivity contribution in [2.45, 2.75) is 51.4 Å². The number of amides is 2. The summed E-state index contributed by atoms with van der Waals surface area (Å²) in [4.78, 5) is 29.2. The van der Waals surface area contributed by atoms with Crippen molar-refractivity contribution in [1.82, 2.24) is 19.7 Å². The Morgan fingerprint density at radius 1 is 1.19 bits per heavy atom. The molecule has 0 radical (unpaired) electrons. The van der Waals surface area contributed by atoms with Crippen LogP contribution in [0.25, 0.3) is 0 Å². The van der Waals surface area contributed by atoms with Crippen LogP contribution in [-0.2, 0) is 16.6 Å². The Bertz CT molecular complexity index is 677. The molecule has 2 saturated heterocycles. The number of piperidine rings is 1. The maximum Gasteiger partial charge on any atom is 0.267 e. The van der Waals surface area contributed by atoms with Crippen LogP contribution in [-0.4, -0.2) is 71.6 Å². The van der Waals surface area contributed by atoms with Gasteiger partial charge in [-0.25, -0.2) is 0 Å². The molecule has 0 aromatic carbocycles. The Morgan fingerprint density at radius 2 is 1.89 bits per heavy atom. The fourth-order valence-electron chi connectivity index (χ4n) is 4.39. The Labute approximate surface area is 161 Å². The molecule has 3 heterocycles. The van der Waals surface area contributed by atoms with E-state index in [1.165, 1.54) is 0 Å². The number of hydrogen-bond acceptors (Lipinski definition) is 4. The molecule has 7 nitrogen and oxygen atoms in total. The summed E-state index contributed by atoms with van der Waals surface area (Å²) >= 11 is 0. The fraction of sp³-hybridized carbons (Fsp3) is 0.700. The van der Waals surface area contributed by atoms with Gasteiger partial charge in [0.2, 0.25) is 5.91 Å². The van der Waals surface area contributed by atoms with E-state index >= 15 is 0 Å². The van der Waals surface area contributed by atoms with Gasteiger partial charge in [0.15, 0.2) is 0 Å². The van der Waals surface area contributed by atoms with E-state index in [9.17, 15) is 9.59 Å². The molecule has 1 aromatic heterocycles. The lowest BCUT2D eigenvalue weighted by molar-refractivity contribution is -0.145. The van der Waals surface area contributed by atoms with Gasteiger partial charge in [-0.3, -0.25) is 14.5 Å². The molecule has 3 rings (SSSR count). The fourth-order valence-corrected chi connectivity index (χ4v) is 4.39.